The fraction of sp³-hybridized carbons (Fsp3) is 0.500. The first-order valence-corrected chi connectivity index (χ1v) is 12.9. The molecular formula is C28H35F2N5O2. The van der Waals surface area contributed by atoms with Gasteiger partial charge in [0, 0.05) is 35.3 Å². The number of rotatable bonds is 9. The third-order valence-electron chi connectivity index (χ3n) is 7.37. The highest BCUT2D eigenvalue weighted by atomic mass is 19.1. The van der Waals surface area contributed by atoms with Crippen LogP contribution in [0.3, 0.4) is 0 Å². The summed E-state index contributed by atoms with van der Waals surface area (Å²) in [7, 11) is 1.45. The molecule has 1 aromatic carbocycles. The van der Waals surface area contributed by atoms with E-state index in [0.29, 0.717) is 17.1 Å². The van der Waals surface area contributed by atoms with E-state index in [-0.39, 0.29) is 40.8 Å². The largest absolute Gasteiger partial charge is 0.507 e. The molecule has 37 heavy (non-hydrogen) atoms. The number of aromatic hydroxyl groups is 1. The molecule has 2 heterocycles. The van der Waals surface area contributed by atoms with Gasteiger partial charge >= 0.3 is 0 Å². The minimum Gasteiger partial charge on any atom is -0.507 e. The van der Waals surface area contributed by atoms with Gasteiger partial charge in [-0.3, -0.25) is 0 Å². The number of benzene rings is 1. The quantitative estimate of drug-likeness (QED) is 0.334. The molecule has 0 aliphatic heterocycles. The zero-order valence-electron chi connectivity index (χ0n) is 21.8. The zero-order chi connectivity index (χ0) is 26.4. The molecule has 1 aliphatic carbocycles. The van der Waals surface area contributed by atoms with Crippen LogP contribution < -0.4 is 9.64 Å². The van der Waals surface area contributed by atoms with Crippen LogP contribution in [0.25, 0.3) is 22.4 Å². The molecule has 4 rings (SSSR count). The number of halogens is 2. The van der Waals surface area contributed by atoms with Crippen molar-refractivity contribution in [2.45, 2.75) is 64.8 Å². The molecule has 1 aliphatic rings. The maximum absolute atomic E-state index is 15.1. The summed E-state index contributed by atoms with van der Waals surface area (Å²) in [6.45, 7) is 4.33. The first-order chi connectivity index (χ1) is 17.9. The van der Waals surface area contributed by atoms with Crippen molar-refractivity contribution in [1.29, 1.82) is 0 Å². The lowest BCUT2D eigenvalue weighted by Gasteiger charge is -2.37. The molecule has 9 heteroatoms. The van der Waals surface area contributed by atoms with Gasteiger partial charge in [0.2, 0.25) is 5.88 Å². The third-order valence-corrected chi connectivity index (χ3v) is 7.37. The molecule has 0 spiro atoms. The smallest absolute Gasteiger partial charge is 0.233 e. The van der Waals surface area contributed by atoms with Gasteiger partial charge in [-0.1, -0.05) is 33.1 Å². The van der Waals surface area contributed by atoms with Crippen LogP contribution in [-0.2, 0) is 0 Å². The minimum atomic E-state index is -0.554. The summed E-state index contributed by atoms with van der Waals surface area (Å²) < 4.78 is 33.7. The van der Waals surface area contributed by atoms with Crippen molar-refractivity contribution in [3.63, 3.8) is 0 Å². The monoisotopic (exact) mass is 511 g/mol. The van der Waals surface area contributed by atoms with Crippen LogP contribution in [-0.4, -0.2) is 51.9 Å². The molecule has 1 saturated carbocycles. The molecule has 198 valence electrons. The summed E-state index contributed by atoms with van der Waals surface area (Å²) in [6.07, 6.45) is 9.14. The number of alkyl halides is 1. The SMILES string of the molecule is CCC[C@]1(C)CCCC[C@H](N(CCF)c2ccc(-c3cc(F)c(-c4cnnc(OC)c4)cc3O)nn2)C1. The van der Waals surface area contributed by atoms with Crippen molar-refractivity contribution in [3.8, 4) is 34.0 Å². The van der Waals surface area contributed by atoms with E-state index in [0.717, 1.165) is 32.1 Å². The predicted octanol–water partition coefficient (Wildman–Crippen LogP) is 6.37. The Bertz CT molecular complexity index is 1190. The van der Waals surface area contributed by atoms with Crippen molar-refractivity contribution < 1.29 is 18.6 Å². The summed E-state index contributed by atoms with van der Waals surface area (Å²) in [5.74, 6) is 0.137. The maximum atomic E-state index is 15.1. The van der Waals surface area contributed by atoms with Gasteiger partial charge in [-0.15, -0.1) is 15.3 Å². The van der Waals surface area contributed by atoms with Gasteiger partial charge in [-0.2, -0.15) is 5.10 Å². The molecule has 0 saturated heterocycles. The Kier molecular flexibility index (Phi) is 8.51. The molecule has 1 fully saturated rings. The Balaban J connectivity index is 1.60. The summed E-state index contributed by atoms with van der Waals surface area (Å²) in [6, 6.07) is 7.75. The zero-order valence-corrected chi connectivity index (χ0v) is 21.8. The fourth-order valence-electron chi connectivity index (χ4n) is 5.58. The van der Waals surface area contributed by atoms with Gasteiger partial charge < -0.3 is 14.7 Å². The Hall–Kier alpha value is -3.36. The van der Waals surface area contributed by atoms with Gasteiger partial charge in [0.05, 0.1) is 19.0 Å². The second kappa shape index (κ2) is 11.8. The molecule has 2 atom stereocenters. The number of methoxy groups -OCH3 is 1. The van der Waals surface area contributed by atoms with Crippen LogP contribution in [0.2, 0.25) is 0 Å². The summed E-state index contributed by atoms with van der Waals surface area (Å²) in [5, 5.41) is 27.0. The van der Waals surface area contributed by atoms with Crippen LogP contribution in [0.4, 0.5) is 14.6 Å². The predicted molar refractivity (Wildman–Crippen MR) is 140 cm³/mol. The minimum absolute atomic E-state index is 0.144. The number of anilines is 1. The highest BCUT2D eigenvalue weighted by molar-refractivity contribution is 5.75. The van der Waals surface area contributed by atoms with Gasteiger partial charge in [-0.05, 0) is 55.4 Å². The first kappa shape index (κ1) is 26.7. The molecule has 3 aromatic rings. The standard InChI is InChI=1S/C28H35F2N5O2/c1-4-10-28(2)11-6-5-7-20(17-28)35(13-12-29)26-9-8-24(32-33-26)22-15-23(30)21(16-25(22)36)19-14-27(37-3)34-31-18-19/h8-9,14-16,18,20,36H,4-7,10-13,17H2,1-3H3/t20-,28+/m0/s1. The van der Waals surface area contributed by atoms with Gasteiger partial charge in [0.15, 0.2) is 5.82 Å². The first-order valence-electron chi connectivity index (χ1n) is 12.9. The summed E-state index contributed by atoms with van der Waals surface area (Å²) in [4.78, 5) is 2.03. The van der Waals surface area contributed by atoms with E-state index in [1.54, 1.807) is 12.1 Å². The number of hydrogen-bond donors (Lipinski definition) is 1. The highest BCUT2D eigenvalue weighted by Gasteiger charge is 2.33. The van der Waals surface area contributed by atoms with E-state index in [1.165, 1.54) is 44.3 Å². The number of phenolic OH excluding ortho intramolecular Hbond substituents is 1. The number of nitrogens with zero attached hydrogens (tertiary/aromatic N) is 5. The Morgan fingerprint density at radius 1 is 1.14 bits per heavy atom. The molecule has 7 nitrogen and oxygen atoms in total. The molecule has 0 bridgehead atoms. The Morgan fingerprint density at radius 2 is 1.97 bits per heavy atom. The van der Waals surface area contributed by atoms with Crippen molar-refractivity contribution in [2.24, 2.45) is 5.41 Å². The summed E-state index contributed by atoms with van der Waals surface area (Å²) >= 11 is 0. The Labute approximate surface area is 216 Å². The summed E-state index contributed by atoms with van der Waals surface area (Å²) in [5.41, 5.74) is 1.37. The van der Waals surface area contributed by atoms with Crippen molar-refractivity contribution in [2.75, 3.05) is 25.2 Å². The van der Waals surface area contributed by atoms with Crippen LogP contribution in [0, 0.1) is 11.2 Å². The lowest BCUT2D eigenvalue weighted by atomic mass is 9.77. The van der Waals surface area contributed by atoms with Gasteiger partial charge in [0.1, 0.15) is 18.2 Å². The van der Waals surface area contributed by atoms with E-state index in [4.69, 9.17) is 4.74 Å². The van der Waals surface area contributed by atoms with Gasteiger partial charge in [-0.25, -0.2) is 8.78 Å². The second-order valence-electron chi connectivity index (χ2n) is 10.2. The van der Waals surface area contributed by atoms with Crippen LogP contribution in [0.5, 0.6) is 11.6 Å². The second-order valence-corrected chi connectivity index (χ2v) is 10.2. The average molecular weight is 512 g/mol. The lowest BCUT2D eigenvalue weighted by molar-refractivity contribution is 0.235. The van der Waals surface area contributed by atoms with E-state index in [2.05, 4.69) is 34.2 Å². The van der Waals surface area contributed by atoms with Crippen molar-refractivity contribution in [3.05, 3.63) is 42.3 Å². The average Bonchev–Trinajstić information content (AvgIpc) is 3.10. The van der Waals surface area contributed by atoms with E-state index in [9.17, 15) is 9.50 Å². The van der Waals surface area contributed by atoms with Crippen LogP contribution in [0.1, 0.15) is 58.8 Å². The molecule has 0 radical (unpaired) electrons. The topological polar surface area (TPSA) is 84.3 Å². The van der Waals surface area contributed by atoms with Gasteiger partial charge in [0.25, 0.3) is 0 Å². The van der Waals surface area contributed by atoms with Crippen LogP contribution in [0.15, 0.2) is 36.5 Å². The number of phenols is 1. The van der Waals surface area contributed by atoms with E-state index < -0.39 is 12.5 Å². The van der Waals surface area contributed by atoms with Crippen LogP contribution >= 0.6 is 0 Å². The number of ether oxygens (including phenoxy) is 1. The third kappa shape index (κ3) is 6.14. The van der Waals surface area contributed by atoms with E-state index in [1.807, 2.05) is 4.90 Å². The molecule has 2 aromatic heterocycles. The normalized spacial score (nSPS) is 19.9. The lowest BCUT2D eigenvalue weighted by Crippen LogP contribution is -2.40. The van der Waals surface area contributed by atoms with Crippen molar-refractivity contribution >= 4 is 5.82 Å². The molecule has 0 amide bonds. The Morgan fingerprint density at radius 3 is 2.68 bits per heavy atom. The maximum Gasteiger partial charge on any atom is 0.233 e. The van der Waals surface area contributed by atoms with Crippen molar-refractivity contribution in [1.82, 2.24) is 20.4 Å². The molecule has 0 unspecified atom stereocenters. The molecular weight excluding hydrogens is 476 g/mol. The number of aromatic nitrogens is 4. The number of hydrogen-bond acceptors (Lipinski definition) is 7. The fourth-order valence-corrected chi connectivity index (χ4v) is 5.58. The van der Waals surface area contributed by atoms with E-state index >= 15 is 4.39 Å². The molecule has 1 N–H and O–H groups in total. The highest BCUT2D eigenvalue weighted by Crippen LogP contribution is 2.41.